The second kappa shape index (κ2) is 14.1. The van der Waals surface area contributed by atoms with E-state index >= 15 is 0 Å². The number of benzene rings is 1. The number of hydrogen-bond donors (Lipinski definition) is 4. The van der Waals surface area contributed by atoms with Crippen molar-refractivity contribution in [3.63, 3.8) is 0 Å². The first-order valence-corrected chi connectivity index (χ1v) is 16.7. The monoisotopic (exact) mass is 683 g/mol. The highest BCUT2D eigenvalue weighted by molar-refractivity contribution is 5.91. The molecule has 8 rings (SSSR count). The van der Waals surface area contributed by atoms with E-state index in [1.54, 1.807) is 37.1 Å². The van der Waals surface area contributed by atoms with Crippen LogP contribution in [0.5, 0.6) is 5.75 Å². The van der Waals surface area contributed by atoms with Crippen molar-refractivity contribution < 1.29 is 14.3 Å². The lowest BCUT2D eigenvalue weighted by atomic mass is 9.97. The molecule has 1 unspecified atom stereocenters. The third kappa shape index (κ3) is 7.24. The summed E-state index contributed by atoms with van der Waals surface area (Å²) in [6.45, 7) is 1.23. The zero-order valence-electron chi connectivity index (χ0n) is 27.4. The quantitative estimate of drug-likeness (QED) is 0.162. The molecular formula is C35H33N13O3. The Morgan fingerprint density at radius 2 is 1.51 bits per heavy atom. The van der Waals surface area contributed by atoms with Gasteiger partial charge in [0.05, 0.1) is 12.1 Å². The second-order valence-electron chi connectivity index (χ2n) is 12.4. The minimum Gasteiger partial charge on any atom is -0.484 e. The number of fused-ring (bicyclic) bond motifs is 1. The highest BCUT2D eigenvalue weighted by atomic mass is 16.5. The van der Waals surface area contributed by atoms with Crippen LogP contribution in [-0.4, -0.2) is 81.8 Å². The molecule has 1 aliphatic carbocycles. The Labute approximate surface area is 291 Å². The van der Waals surface area contributed by atoms with E-state index in [4.69, 9.17) is 4.74 Å². The number of amides is 2. The van der Waals surface area contributed by atoms with Crippen LogP contribution in [0.2, 0.25) is 0 Å². The molecule has 256 valence electrons. The summed E-state index contributed by atoms with van der Waals surface area (Å²) in [6.07, 6.45) is 13.3. The van der Waals surface area contributed by atoms with Gasteiger partial charge in [-0.1, -0.05) is 18.2 Å². The van der Waals surface area contributed by atoms with Crippen molar-refractivity contribution in [3.05, 3.63) is 84.6 Å². The van der Waals surface area contributed by atoms with Gasteiger partial charge in [0.1, 0.15) is 23.0 Å². The maximum absolute atomic E-state index is 13.0. The predicted molar refractivity (Wildman–Crippen MR) is 186 cm³/mol. The van der Waals surface area contributed by atoms with Crippen LogP contribution in [0, 0.1) is 5.92 Å². The second-order valence-corrected chi connectivity index (χ2v) is 12.4. The molecule has 5 aromatic heterocycles. The number of nitrogens with one attached hydrogen (secondary N) is 4. The minimum absolute atomic E-state index is 0.132. The van der Waals surface area contributed by atoms with Gasteiger partial charge in [-0.3, -0.25) is 35.2 Å². The van der Waals surface area contributed by atoms with Gasteiger partial charge < -0.3 is 19.6 Å². The third-order valence-corrected chi connectivity index (χ3v) is 8.92. The molecular weight excluding hydrogens is 650 g/mol. The summed E-state index contributed by atoms with van der Waals surface area (Å²) in [6, 6.07) is 13.4. The van der Waals surface area contributed by atoms with Crippen LogP contribution in [0.4, 0.5) is 17.7 Å². The Bertz CT molecular complexity index is 2150. The Hall–Kier alpha value is -6.58. The molecule has 1 atom stereocenters. The number of aryl methyl sites for hydroxylation is 2. The average molecular weight is 684 g/mol. The van der Waals surface area contributed by atoms with Gasteiger partial charge in [0.15, 0.2) is 18.3 Å². The first kappa shape index (κ1) is 31.7. The van der Waals surface area contributed by atoms with Gasteiger partial charge in [0, 0.05) is 49.0 Å². The van der Waals surface area contributed by atoms with Gasteiger partial charge in [-0.25, -0.2) is 4.98 Å². The standard InChI is InChI=1S/C35H33N13O3/c49-30(20-51-26-9-6-21-3-1-4-22(21)15-26)40-34-41-31(44-46-34)27-10-7-23(16-38-27)24-8-11-28(39-17-24)32-42-35(47-45-32)43-33(50)25-5-2-14-48(19-25)29-18-36-12-13-37-29/h6-13,15-18,25H,1-5,14,19-20H2,(H2,40,41,44,46,49)(H2,42,43,45,47,50). The molecule has 16 nitrogen and oxygen atoms in total. The first-order chi connectivity index (χ1) is 25.0. The molecule has 6 aromatic rings. The largest absolute Gasteiger partial charge is 0.484 e. The molecule has 4 N–H and O–H groups in total. The van der Waals surface area contributed by atoms with Crippen molar-refractivity contribution in [1.82, 2.24) is 50.3 Å². The van der Waals surface area contributed by atoms with Crippen LogP contribution >= 0.6 is 0 Å². The number of rotatable bonds is 10. The molecule has 0 spiro atoms. The lowest BCUT2D eigenvalue weighted by Crippen LogP contribution is -2.41. The summed E-state index contributed by atoms with van der Waals surface area (Å²) in [5.74, 6) is 2.03. The van der Waals surface area contributed by atoms with E-state index in [0.29, 0.717) is 35.3 Å². The topological polar surface area (TPSA) is 205 Å². The highest BCUT2D eigenvalue weighted by Crippen LogP contribution is 2.27. The van der Waals surface area contributed by atoms with Crippen LogP contribution in [0.1, 0.15) is 30.4 Å². The van der Waals surface area contributed by atoms with Crippen LogP contribution in [-0.2, 0) is 22.4 Å². The van der Waals surface area contributed by atoms with E-state index in [9.17, 15) is 9.59 Å². The number of H-pyrrole nitrogens is 2. The molecule has 1 aromatic carbocycles. The number of anilines is 3. The number of aromatic amines is 2. The van der Waals surface area contributed by atoms with Crippen molar-refractivity contribution in [3.8, 4) is 39.9 Å². The number of nitrogens with zero attached hydrogens (tertiary/aromatic N) is 9. The fourth-order valence-corrected chi connectivity index (χ4v) is 6.30. The van der Waals surface area contributed by atoms with E-state index in [-0.39, 0.29) is 36.2 Å². The molecule has 0 radical (unpaired) electrons. The number of ether oxygens (including phenoxy) is 1. The molecule has 2 amide bonds. The minimum atomic E-state index is -0.352. The van der Waals surface area contributed by atoms with Gasteiger partial charge in [-0.05, 0) is 67.5 Å². The molecule has 2 aliphatic rings. The van der Waals surface area contributed by atoms with Gasteiger partial charge >= 0.3 is 0 Å². The third-order valence-electron chi connectivity index (χ3n) is 8.92. The lowest BCUT2D eigenvalue weighted by molar-refractivity contribution is -0.120. The summed E-state index contributed by atoms with van der Waals surface area (Å²) in [7, 11) is 0. The average Bonchev–Trinajstić information content (AvgIpc) is 3.96. The van der Waals surface area contributed by atoms with Crippen LogP contribution in [0.15, 0.2) is 73.4 Å². The van der Waals surface area contributed by atoms with E-state index < -0.39 is 0 Å². The van der Waals surface area contributed by atoms with Crippen LogP contribution in [0.25, 0.3) is 34.2 Å². The number of carbonyl (C=O) groups excluding carboxylic acids is 2. The van der Waals surface area contributed by atoms with E-state index in [2.05, 4.69) is 71.9 Å². The number of pyridine rings is 2. The Kier molecular flexibility index (Phi) is 8.76. The van der Waals surface area contributed by atoms with Gasteiger partial charge in [-0.2, -0.15) is 0 Å². The van der Waals surface area contributed by atoms with Crippen molar-refractivity contribution in [2.45, 2.75) is 32.1 Å². The van der Waals surface area contributed by atoms with Crippen LogP contribution < -0.4 is 20.3 Å². The maximum atomic E-state index is 13.0. The smallest absolute Gasteiger partial charge is 0.264 e. The zero-order chi connectivity index (χ0) is 34.6. The first-order valence-electron chi connectivity index (χ1n) is 16.7. The Balaban J connectivity index is 0.839. The molecule has 51 heavy (non-hydrogen) atoms. The van der Waals surface area contributed by atoms with Crippen molar-refractivity contribution in [1.29, 1.82) is 0 Å². The maximum Gasteiger partial charge on any atom is 0.264 e. The van der Waals surface area contributed by atoms with Crippen LogP contribution in [0.3, 0.4) is 0 Å². The summed E-state index contributed by atoms with van der Waals surface area (Å²) in [5, 5.41) is 22.0. The normalized spacial score (nSPS) is 15.3. The number of aromatic nitrogens is 10. The van der Waals surface area contributed by atoms with Crippen molar-refractivity contribution in [2.75, 3.05) is 35.2 Å². The molecule has 1 saturated heterocycles. The van der Waals surface area contributed by atoms with Crippen molar-refractivity contribution in [2.24, 2.45) is 5.92 Å². The SMILES string of the molecule is O=C(COc1ccc2c(c1)CCC2)Nc1nnc(-c2ccc(-c3ccc(-c4nnc(NC(=O)C5CCCN(c6cnccn6)C5)[nH]4)nc3)cn2)[nH]1. The summed E-state index contributed by atoms with van der Waals surface area (Å²) in [5.41, 5.74) is 5.42. The molecule has 6 heterocycles. The summed E-state index contributed by atoms with van der Waals surface area (Å²) >= 11 is 0. The fourth-order valence-electron chi connectivity index (χ4n) is 6.30. The number of carbonyl (C=O) groups is 2. The van der Waals surface area contributed by atoms with Gasteiger partial charge in [0.25, 0.3) is 5.91 Å². The van der Waals surface area contributed by atoms with Crippen molar-refractivity contribution >= 4 is 29.5 Å². The van der Waals surface area contributed by atoms with Gasteiger partial charge in [0.2, 0.25) is 17.8 Å². The zero-order valence-corrected chi connectivity index (χ0v) is 27.4. The molecule has 0 saturated carbocycles. The fraction of sp³-hybridized carbons (Fsp3) is 0.257. The number of hydrogen-bond acceptors (Lipinski definition) is 12. The van der Waals surface area contributed by atoms with E-state index in [0.717, 1.165) is 55.6 Å². The predicted octanol–water partition coefficient (Wildman–Crippen LogP) is 3.87. The number of piperidine rings is 1. The van der Waals surface area contributed by atoms with Gasteiger partial charge in [-0.15, -0.1) is 20.4 Å². The summed E-state index contributed by atoms with van der Waals surface area (Å²) in [4.78, 5) is 51.1. The highest BCUT2D eigenvalue weighted by Gasteiger charge is 2.27. The molecule has 1 fully saturated rings. The summed E-state index contributed by atoms with van der Waals surface area (Å²) < 4.78 is 5.68. The molecule has 16 heteroatoms. The Morgan fingerprint density at radius 1 is 0.784 bits per heavy atom. The van der Waals surface area contributed by atoms with E-state index in [1.807, 2.05) is 30.3 Å². The van der Waals surface area contributed by atoms with E-state index in [1.165, 1.54) is 11.1 Å². The Morgan fingerprint density at radius 3 is 2.20 bits per heavy atom. The lowest BCUT2D eigenvalue weighted by Gasteiger charge is -2.32. The molecule has 1 aliphatic heterocycles. The molecule has 0 bridgehead atoms.